The lowest BCUT2D eigenvalue weighted by atomic mass is 9.90. The van der Waals surface area contributed by atoms with Crippen molar-refractivity contribution in [3.63, 3.8) is 0 Å². The molecule has 0 bridgehead atoms. The summed E-state index contributed by atoms with van der Waals surface area (Å²) in [5, 5.41) is 10.5. The third-order valence-electron chi connectivity index (χ3n) is 3.92. The molecular weight excluding hydrogens is 241 g/mol. The van der Waals surface area contributed by atoms with Crippen LogP contribution in [0.25, 0.3) is 0 Å². The van der Waals surface area contributed by atoms with E-state index in [1.807, 2.05) is 0 Å². The molecule has 4 heteroatoms. The van der Waals surface area contributed by atoms with Gasteiger partial charge in [-0.25, -0.2) is 0 Å². The van der Waals surface area contributed by atoms with Gasteiger partial charge in [0.15, 0.2) is 0 Å². The summed E-state index contributed by atoms with van der Waals surface area (Å²) in [5.41, 5.74) is -1.00. The van der Waals surface area contributed by atoms with Crippen LogP contribution in [0.3, 0.4) is 0 Å². The molecule has 1 aromatic carbocycles. The highest BCUT2D eigenvalue weighted by Gasteiger charge is 2.38. The molecular formula is C14H17F3O. The molecule has 0 saturated heterocycles. The number of rotatable bonds is 2. The van der Waals surface area contributed by atoms with Crippen LogP contribution in [-0.4, -0.2) is 5.11 Å². The second kappa shape index (κ2) is 4.57. The highest BCUT2D eigenvalue weighted by molar-refractivity contribution is 5.29. The number of benzene rings is 1. The van der Waals surface area contributed by atoms with Gasteiger partial charge in [0.1, 0.15) is 0 Å². The van der Waals surface area contributed by atoms with E-state index in [9.17, 15) is 18.3 Å². The first-order chi connectivity index (χ1) is 8.35. The Balaban J connectivity index is 2.20. The Morgan fingerprint density at radius 3 is 2.33 bits per heavy atom. The van der Waals surface area contributed by atoms with Crippen molar-refractivity contribution in [2.24, 2.45) is 5.92 Å². The van der Waals surface area contributed by atoms with E-state index >= 15 is 0 Å². The van der Waals surface area contributed by atoms with Crippen LogP contribution in [0.4, 0.5) is 13.2 Å². The SMILES string of the molecule is CCC1CCC(O)(c2ccc(C(F)(F)F)cc2)C1. The molecule has 2 rings (SSSR count). The Morgan fingerprint density at radius 1 is 1.28 bits per heavy atom. The van der Waals surface area contributed by atoms with E-state index in [0.29, 0.717) is 24.3 Å². The second-order valence-electron chi connectivity index (χ2n) is 5.12. The zero-order valence-electron chi connectivity index (χ0n) is 10.3. The van der Waals surface area contributed by atoms with Crippen LogP contribution in [0.2, 0.25) is 0 Å². The smallest absolute Gasteiger partial charge is 0.385 e. The molecule has 1 fully saturated rings. The van der Waals surface area contributed by atoms with Gasteiger partial charge in [0.2, 0.25) is 0 Å². The first-order valence-corrected chi connectivity index (χ1v) is 6.25. The first-order valence-electron chi connectivity index (χ1n) is 6.25. The maximum Gasteiger partial charge on any atom is 0.416 e. The third kappa shape index (κ3) is 2.53. The van der Waals surface area contributed by atoms with Crippen molar-refractivity contribution < 1.29 is 18.3 Å². The third-order valence-corrected chi connectivity index (χ3v) is 3.92. The van der Waals surface area contributed by atoms with Gasteiger partial charge in [-0.3, -0.25) is 0 Å². The molecule has 1 saturated carbocycles. The van der Waals surface area contributed by atoms with Crippen LogP contribution in [-0.2, 0) is 11.8 Å². The zero-order valence-corrected chi connectivity index (χ0v) is 10.3. The monoisotopic (exact) mass is 258 g/mol. The molecule has 0 radical (unpaired) electrons. The second-order valence-corrected chi connectivity index (χ2v) is 5.12. The predicted molar refractivity (Wildman–Crippen MR) is 63.0 cm³/mol. The van der Waals surface area contributed by atoms with Gasteiger partial charge in [0.25, 0.3) is 0 Å². The lowest BCUT2D eigenvalue weighted by Gasteiger charge is -2.24. The van der Waals surface area contributed by atoms with Gasteiger partial charge in [-0.2, -0.15) is 13.2 Å². The van der Waals surface area contributed by atoms with Crippen molar-refractivity contribution in [1.82, 2.24) is 0 Å². The minimum absolute atomic E-state index is 0.470. The molecule has 0 spiro atoms. The summed E-state index contributed by atoms with van der Waals surface area (Å²) in [7, 11) is 0. The fraction of sp³-hybridized carbons (Fsp3) is 0.571. The van der Waals surface area contributed by atoms with Gasteiger partial charge in [-0.15, -0.1) is 0 Å². The zero-order chi connectivity index (χ0) is 13.4. The molecule has 18 heavy (non-hydrogen) atoms. The van der Waals surface area contributed by atoms with Gasteiger partial charge in [0.05, 0.1) is 11.2 Å². The summed E-state index contributed by atoms with van der Waals surface area (Å²) in [6, 6.07) is 4.90. The largest absolute Gasteiger partial charge is 0.416 e. The Bertz CT molecular complexity index is 410. The summed E-state index contributed by atoms with van der Waals surface area (Å²) in [6.07, 6.45) is -1.09. The Kier molecular flexibility index (Phi) is 3.41. The number of aliphatic hydroxyl groups is 1. The van der Waals surface area contributed by atoms with Crippen molar-refractivity contribution in [2.75, 3.05) is 0 Å². The number of halogens is 3. The van der Waals surface area contributed by atoms with Gasteiger partial charge in [-0.1, -0.05) is 25.5 Å². The fourth-order valence-corrected chi connectivity index (χ4v) is 2.70. The lowest BCUT2D eigenvalue weighted by Crippen LogP contribution is -2.22. The summed E-state index contributed by atoms with van der Waals surface area (Å²) in [6.45, 7) is 2.07. The van der Waals surface area contributed by atoms with Crippen LogP contribution >= 0.6 is 0 Å². The predicted octanol–water partition coefficient (Wildman–Crippen LogP) is 4.10. The lowest BCUT2D eigenvalue weighted by molar-refractivity contribution is -0.137. The average molecular weight is 258 g/mol. The highest BCUT2D eigenvalue weighted by atomic mass is 19.4. The van der Waals surface area contributed by atoms with Crippen LogP contribution in [0.1, 0.15) is 43.7 Å². The molecule has 1 aromatic rings. The topological polar surface area (TPSA) is 20.2 Å². The molecule has 0 amide bonds. The molecule has 2 unspecified atom stereocenters. The van der Waals surface area contributed by atoms with Gasteiger partial charge in [0, 0.05) is 0 Å². The van der Waals surface area contributed by atoms with E-state index in [1.54, 1.807) is 0 Å². The molecule has 1 aliphatic carbocycles. The van der Waals surface area contributed by atoms with Crippen LogP contribution in [0, 0.1) is 5.92 Å². The number of alkyl halides is 3. The first kappa shape index (κ1) is 13.4. The van der Waals surface area contributed by atoms with E-state index in [4.69, 9.17) is 0 Å². The van der Waals surface area contributed by atoms with Crippen LogP contribution in [0.15, 0.2) is 24.3 Å². The molecule has 2 atom stereocenters. The molecule has 1 N–H and O–H groups in total. The Labute approximate surface area is 105 Å². The highest BCUT2D eigenvalue weighted by Crippen LogP contribution is 2.43. The molecule has 100 valence electrons. The quantitative estimate of drug-likeness (QED) is 0.846. The van der Waals surface area contributed by atoms with Crippen molar-refractivity contribution in [1.29, 1.82) is 0 Å². The van der Waals surface area contributed by atoms with E-state index in [2.05, 4.69) is 6.92 Å². The van der Waals surface area contributed by atoms with Crippen LogP contribution < -0.4 is 0 Å². The molecule has 0 aliphatic heterocycles. The molecule has 0 heterocycles. The van der Waals surface area contributed by atoms with Gasteiger partial charge in [-0.05, 0) is 42.9 Å². The van der Waals surface area contributed by atoms with Crippen molar-refractivity contribution in [3.05, 3.63) is 35.4 Å². The normalized spacial score (nSPS) is 28.6. The minimum Gasteiger partial charge on any atom is -0.385 e. The number of hydrogen-bond acceptors (Lipinski definition) is 1. The fourth-order valence-electron chi connectivity index (χ4n) is 2.70. The average Bonchev–Trinajstić information content (AvgIpc) is 2.72. The van der Waals surface area contributed by atoms with Crippen molar-refractivity contribution in [2.45, 2.75) is 44.4 Å². The summed E-state index contributed by atoms with van der Waals surface area (Å²) in [5.74, 6) is 0.470. The Morgan fingerprint density at radius 2 is 1.89 bits per heavy atom. The summed E-state index contributed by atoms with van der Waals surface area (Å²) >= 11 is 0. The molecule has 1 aliphatic rings. The minimum atomic E-state index is -4.32. The van der Waals surface area contributed by atoms with E-state index in [0.717, 1.165) is 25.0 Å². The maximum atomic E-state index is 12.4. The number of hydrogen-bond donors (Lipinski definition) is 1. The standard InChI is InChI=1S/C14H17F3O/c1-2-10-7-8-13(18,9-10)11-3-5-12(6-4-11)14(15,16)17/h3-6,10,18H,2,7-9H2,1H3. The maximum absolute atomic E-state index is 12.4. The van der Waals surface area contributed by atoms with Crippen LogP contribution in [0.5, 0.6) is 0 Å². The summed E-state index contributed by atoms with van der Waals surface area (Å²) < 4.78 is 37.3. The molecule has 0 aromatic heterocycles. The van der Waals surface area contributed by atoms with Gasteiger partial charge < -0.3 is 5.11 Å². The summed E-state index contributed by atoms with van der Waals surface area (Å²) in [4.78, 5) is 0. The van der Waals surface area contributed by atoms with Crippen molar-refractivity contribution >= 4 is 0 Å². The van der Waals surface area contributed by atoms with E-state index < -0.39 is 17.3 Å². The molecule has 1 nitrogen and oxygen atoms in total. The Hall–Kier alpha value is -1.03. The van der Waals surface area contributed by atoms with E-state index in [-0.39, 0.29) is 0 Å². The van der Waals surface area contributed by atoms with E-state index in [1.165, 1.54) is 12.1 Å². The van der Waals surface area contributed by atoms with Crippen molar-refractivity contribution in [3.8, 4) is 0 Å². The van der Waals surface area contributed by atoms with Gasteiger partial charge >= 0.3 is 6.18 Å².